The lowest BCUT2D eigenvalue weighted by atomic mass is 10.1. The first kappa shape index (κ1) is 12.1. The Morgan fingerprint density at radius 2 is 1.85 bits per heavy atom. The number of hydrogen-bond acceptors (Lipinski definition) is 3. The van der Waals surface area contributed by atoms with E-state index in [9.17, 15) is 9.59 Å². The third-order valence-corrected chi connectivity index (χ3v) is 2.94. The van der Waals surface area contributed by atoms with Crippen molar-refractivity contribution in [1.82, 2.24) is 9.97 Å². The number of benzene rings is 1. The van der Waals surface area contributed by atoms with Crippen molar-refractivity contribution in [2.75, 3.05) is 5.32 Å². The van der Waals surface area contributed by atoms with E-state index < -0.39 is 0 Å². The molecule has 5 nitrogen and oxygen atoms in total. The first-order chi connectivity index (χ1) is 9.74. The van der Waals surface area contributed by atoms with Crippen LogP contribution in [0.25, 0.3) is 10.8 Å². The highest BCUT2D eigenvalue weighted by Crippen LogP contribution is 2.11. The van der Waals surface area contributed by atoms with Gasteiger partial charge < -0.3 is 10.3 Å². The molecule has 0 aliphatic carbocycles. The average Bonchev–Trinajstić information content (AvgIpc) is 2.48. The van der Waals surface area contributed by atoms with Gasteiger partial charge in [-0.3, -0.25) is 14.6 Å². The van der Waals surface area contributed by atoms with Gasteiger partial charge in [-0.25, -0.2) is 0 Å². The SMILES string of the molecule is O=C(Nc1ccncc1)c1cc2ccccc2c(=O)[nH]1. The summed E-state index contributed by atoms with van der Waals surface area (Å²) in [6.07, 6.45) is 3.16. The molecule has 3 aromatic rings. The summed E-state index contributed by atoms with van der Waals surface area (Å²) in [5.74, 6) is -0.362. The van der Waals surface area contributed by atoms with Gasteiger partial charge >= 0.3 is 0 Å². The van der Waals surface area contributed by atoms with Crippen LogP contribution in [0.3, 0.4) is 0 Å². The molecular formula is C15H11N3O2. The number of H-pyrrole nitrogens is 1. The molecule has 0 atom stereocenters. The monoisotopic (exact) mass is 265 g/mol. The van der Waals surface area contributed by atoms with Crippen molar-refractivity contribution in [2.45, 2.75) is 0 Å². The van der Waals surface area contributed by atoms with Crippen LogP contribution in [0.15, 0.2) is 59.7 Å². The maximum atomic E-state index is 12.1. The maximum absolute atomic E-state index is 12.1. The molecule has 0 spiro atoms. The molecule has 0 saturated heterocycles. The molecule has 0 unspecified atom stereocenters. The van der Waals surface area contributed by atoms with Gasteiger partial charge in [-0.1, -0.05) is 18.2 Å². The highest BCUT2D eigenvalue weighted by molar-refractivity contribution is 6.04. The minimum Gasteiger partial charge on any atom is -0.321 e. The number of aromatic amines is 1. The summed E-state index contributed by atoms with van der Waals surface area (Å²) in [6.45, 7) is 0. The lowest BCUT2D eigenvalue weighted by Gasteiger charge is -2.05. The number of rotatable bonds is 2. The third kappa shape index (κ3) is 2.29. The number of nitrogens with one attached hydrogen (secondary N) is 2. The number of hydrogen-bond donors (Lipinski definition) is 2. The predicted molar refractivity (Wildman–Crippen MR) is 76.8 cm³/mol. The van der Waals surface area contributed by atoms with Crippen molar-refractivity contribution < 1.29 is 4.79 Å². The lowest BCUT2D eigenvalue weighted by Crippen LogP contribution is -2.18. The number of fused-ring (bicyclic) bond motifs is 1. The standard InChI is InChI=1S/C15H11N3O2/c19-14-12-4-2-1-3-10(12)9-13(18-14)15(20)17-11-5-7-16-8-6-11/h1-9H,(H,18,19)(H,16,17,20). The number of amides is 1. The Morgan fingerprint density at radius 1 is 1.10 bits per heavy atom. The van der Waals surface area contributed by atoms with Crippen molar-refractivity contribution in [3.05, 3.63) is 70.9 Å². The molecule has 2 heterocycles. The Morgan fingerprint density at radius 3 is 2.65 bits per heavy atom. The van der Waals surface area contributed by atoms with E-state index in [1.54, 1.807) is 48.8 Å². The predicted octanol–water partition coefficient (Wildman–Crippen LogP) is 2.18. The van der Waals surface area contributed by atoms with Crippen LogP contribution < -0.4 is 10.9 Å². The van der Waals surface area contributed by atoms with Crippen LogP contribution in [0.2, 0.25) is 0 Å². The largest absolute Gasteiger partial charge is 0.321 e. The number of anilines is 1. The highest BCUT2D eigenvalue weighted by Gasteiger charge is 2.09. The van der Waals surface area contributed by atoms with Gasteiger partial charge in [-0.2, -0.15) is 0 Å². The Labute approximate surface area is 114 Å². The van der Waals surface area contributed by atoms with Crippen LogP contribution in [0.1, 0.15) is 10.5 Å². The maximum Gasteiger partial charge on any atom is 0.272 e. The van der Waals surface area contributed by atoms with Gasteiger partial charge in [0.05, 0.1) is 0 Å². The second-order valence-corrected chi connectivity index (χ2v) is 4.29. The average molecular weight is 265 g/mol. The van der Waals surface area contributed by atoms with E-state index in [0.29, 0.717) is 11.1 Å². The van der Waals surface area contributed by atoms with Crippen molar-refractivity contribution in [3.8, 4) is 0 Å². The van der Waals surface area contributed by atoms with E-state index in [-0.39, 0.29) is 17.2 Å². The van der Waals surface area contributed by atoms with E-state index >= 15 is 0 Å². The van der Waals surface area contributed by atoms with Crippen molar-refractivity contribution in [1.29, 1.82) is 0 Å². The summed E-state index contributed by atoms with van der Waals surface area (Å²) >= 11 is 0. The molecule has 0 aliphatic heterocycles. The van der Waals surface area contributed by atoms with Gasteiger partial charge in [0.2, 0.25) is 0 Å². The fourth-order valence-corrected chi connectivity index (χ4v) is 1.97. The Kier molecular flexibility index (Phi) is 3.01. The summed E-state index contributed by atoms with van der Waals surface area (Å²) in [6, 6.07) is 12.1. The summed E-state index contributed by atoms with van der Waals surface area (Å²) < 4.78 is 0. The van der Waals surface area contributed by atoms with Gasteiger partial charge in [0.15, 0.2) is 0 Å². The number of nitrogens with zero attached hydrogens (tertiary/aromatic N) is 1. The zero-order valence-electron chi connectivity index (χ0n) is 10.5. The molecule has 1 amide bonds. The summed E-state index contributed by atoms with van der Waals surface area (Å²) in [5, 5.41) is 4.00. The van der Waals surface area contributed by atoms with Gasteiger partial charge in [-0.15, -0.1) is 0 Å². The van der Waals surface area contributed by atoms with E-state index in [1.165, 1.54) is 0 Å². The van der Waals surface area contributed by atoms with Gasteiger partial charge in [-0.05, 0) is 29.7 Å². The molecule has 3 rings (SSSR count). The normalized spacial score (nSPS) is 10.4. The first-order valence-corrected chi connectivity index (χ1v) is 6.07. The van der Waals surface area contributed by atoms with Crippen LogP contribution >= 0.6 is 0 Å². The molecule has 98 valence electrons. The molecule has 0 radical (unpaired) electrons. The molecule has 5 heteroatoms. The van der Waals surface area contributed by atoms with Gasteiger partial charge in [0.1, 0.15) is 5.69 Å². The molecule has 0 saturated carbocycles. The third-order valence-electron chi connectivity index (χ3n) is 2.94. The Balaban J connectivity index is 1.98. The number of pyridine rings is 2. The summed E-state index contributed by atoms with van der Waals surface area (Å²) in [7, 11) is 0. The van der Waals surface area contributed by atoms with Crippen LogP contribution in [0.4, 0.5) is 5.69 Å². The first-order valence-electron chi connectivity index (χ1n) is 6.07. The van der Waals surface area contributed by atoms with Crippen molar-refractivity contribution in [2.24, 2.45) is 0 Å². The van der Waals surface area contributed by atoms with Gasteiger partial charge in [0.25, 0.3) is 11.5 Å². The van der Waals surface area contributed by atoms with Gasteiger partial charge in [0, 0.05) is 23.5 Å². The van der Waals surface area contributed by atoms with Crippen LogP contribution in [0.5, 0.6) is 0 Å². The highest BCUT2D eigenvalue weighted by atomic mass is 16.2. The Bertz CT molecular complexity index is 825. The zero-order chi connectivity index (χ0) is 13.9. The minimum absolute atomic E-state index is 0.227. The van der Waals surface area contributed by atoms with E-state index in [2.05, 4.69) is 15.3 Å². The zero-order valence-corrected chi connectivity index (χ0v) is 10.5. The summed E-state index contributed by atoms with van der Waals surface area (Å²) in [5.41, 5.74) is 0.576. The van der Waals surface area contributed by atoms with E-state index in [4.69, 9.17) is 0 Å². The fraction of sp³-hybridized carbons (Fsp3) is 0. The Hall–Kier alpha value is -2.95. The summed E-state index contributed by atoms with van der Waals surface area (Å²) in [4.78, 5) is 30.5. The van der Waals surface area contributed by atoms with Crippen LogP contribution in [-0.4, -0.2) is 15.9 Å². The van der Waals surface area contributed by atoms with E-state index in [1.807, 2.05) is 6.07 Å². The molecule has 0 bridgehead atoms. The van der Waals surface area contributed by atoms with Crippen molar-refractivity contribution in [3.63, 3.8) is 0 Å². The molecule has 0 aliphatic rings. The smallest absolute Gasteiger partial charge is 0.272 e. The van der Waals surface area contributed by atoms with E-state index in [0.717, 1.165) is 5.39 Å². The quantitative estimate of drug-likeness (QED) is 0.745. The molecule has 2 N–H and O–H groups in total. The van der Waals surface area contributed by atoms with Crippen LogP contribution in [0, 0.1) is 0 Å². The molecule has 2 aromatic heterocycles. The molecule has 20 heavy (non-hydrogen) atoms. The number of carbonyl (C=O) groups is 1. The second-order valence-electron chi connectivity index (χ2n) is 4.29. The topological polar surface area (TPSA) is 74.8 Å². The minimum atomic E-state index is -0.362. The lowest BCUT2D eigenvalue weighted by molar-refractivity contribution is 0.102. The van der Waals surface area contributed by atoms with Crippen molar-refractivity contribution >= 4 is 22.4 Å². The second kappa shape index (κ2) is 4.97. The fourth-order valence-electron chi connectivity index (χ4n) is 1.97. The molecule has 1 aromatic carbocycles. The molecule has 0 fully saturated rings. The number of aromatic nitrogens is 2. The molecular weight excluding hydrogens is 254 g/mol. The number of carbonyl (C=O) groups excluding carboxylic acids is 1. The van der Waals surface area contributed by atoms with Crippen LogP contribution in [-0.2, 0) is 0 Å².